The van der Waals surface area contributed by atoms with E-state index in [-0.39, 0.29) is 89.6 Å². The van der Waals surface area contributed by atoms with Crippen molar-refractivity contribution < 1.29 is 70.3 Å². The van der Waals surface area contributed by atoms with Gasteiger partial charge in [0.1, 0.15) is 46.1 Å². The highest BCUT2D eigenvalue weighted by Crippen LogP contribution is 2.39. The van der Waals surface area contributed by atoms with E-state index in [0.29, 0.717) is 105 Å². The van der Waals surface area contributed by atoms with Crippen molar-refractivity contribution in [2.75, 3.05) is 126 Å². The molecule has 0 bridgehead atoms. The normalized spacial score (nSPS) is 11.9. The third kappa shape index (κ3) is 49.0. The molecular formula is C114H159F6N15O11. The number of halogens is 6. The van der Waals surface area contributed by atoms with Crippen LogP contribution in [0.2, 0.25) is 0 Å². The molecule has 9 rings (SSSR count). The van der Waals surface area contributed by atoms with E-state index in [2.05, 4.69) is 204 Å². The fourth-order valence-electron chi connectivity index (χ4n) is 15.2. The first-order chi connectivity index (χ1) is 68.2. The number of ether oxygens (including phenoxy) is 1. The fourth-order valence-corrected chi connectivity index (χ4v) is 15.2. The molecule has 8 aromatic rings. The fraction of sp³-hybridized carbons (Fsp3) is 0.509. The molecule has 6 N–H and O–H groups in total. The highest BCUT2D eigenvalue weighted by Gasteiger charge is 2.29. The first-order valence-corrected chi connectivity index (χ1v) is 49.5. The summed E-state index contributed by atoms with van der Waals surface area (Å²) in [4.78, 5) is 96.5. The lowest BCUT2D eigenvalue weighted by Gasteiger charge is -2.31. The summed E-state index contributed by atoms with van der Waals surface area (Å²) >= 11 is 0. The van der Waals surface area contributed by atoms with E-state index >= 15 is 0 Å². The number of anilines is 8. The number of aliphatic hydroxyl groups excluding tert-OH is 1. The van der Waals surface area contributed by atoms with Gasteiger partial charge in [0, 0.05) is 159 Å². The molecule has 1 saturated heterocycles. The summed E-state index contributed by atoms with van der Waals surface area (Å²) in [6.07, 6.45) is 3.24. The molecule has 2 amide bonds. The molecule has 4 unspecified atom stereocenters. The van der Waals surface area contributed by atoms with Crippen LogP contribution in [0.25, 0.3) is 19.4 Å². The number of aliphatic hydroxyl groups is 1. The summed E-state index contributed by atoms with van der Waals surface area (Å²) < 4.78 is 84.0. The van der Waals surface area contributed by atoms with Crippen molar-refractivity contribution in [1.82, 2.24) is 0 Å². The molecule has 0 aromatic heterocycles. The van der Waals surface area contributed by atoms with Crippen molar-refractivity contribution in [2.45, 2.75) is 237 Å². The molecule has 0 saturated carbocycles. The number of aliphatic imine (C=N–C) groups is 1. The van der Waals surface area contributed by atoms with Crippen LogP contribution in [0.15, 0.2) is 151 Å². The summed E-state index contributed by atoms with van der Waals surface area (Å²) in [5.74, 6) is -2.64. The molecule has 1 aliphatic rings. The minimum Gasteiger partial charge on any atom is -0.481 e. The first kappa shape index (κ1) is 131. The van der Waals surface area contributed by atoms with Gasteiger partial charge in [0.2, 0.25) is 42.6 Å². The highest BCUT2D eigenvalue weighted by atomic mass is 19.2. The van der Waals surface area contributed by atoms with E-state index in [4.69, 9.17) is 41.9 Å². The van der Waals surface area contributed by atoms with E-state index in [1.54, 1.807) is 51.1 Å². The maximum Gasteiger partial charge on any atom is 0.310 e. The predicted molar refractivity (Wildman–Crippen MR) is 582 cm³/mol. The van der Waals surface area contributed by atoms with Gasteiger partial charge in [0.25, 0.3) is 11.4 Å². The van der Waals surface area contributed by atoms with Gasteiger partial charge in [-0.05, 0) is 200 Å². The third-order valence-electron chi connectivity index (χ3n) is 21.4. The number of carbonyl (C=O) groups is 3. The van der Waals surface area contributed by atoms with Crippen LogP contribution in [-0.4, -0.2) is 129 Å². The van der Waals surface area contributed by atoms with Gasteiger partial charge in [-0.1, -0.05) is 164 Å². The number of amides is 2. The highest BCUT2D eigenvalue weighted by molar-refractivity contribution is 5.97. The molecule has 1 fully saturated rings. The number of nitrogen functional groups attached to an aromatic ring is 1. The molecule has 4 atom stereocenters. The lowest BCUT2D eigenvalue weighted by molar-refractivity contribution is -0.384. The Morgan fingerprint density at radius 2 is 0.726 bits per heavy atom. The summed E-state index contributed by atoms with van der Waals surface area (Å²) in [5, 5.41) is 45.5. The minimum atomic E-state index is -0.968. The lowest BCUT2D eigenvalue weighted by atomic mass is 9.99. The van der Waals surface area contributed by atoms with Crippen LogP contribution in [-0.2, 0) is 43.3 Å². The zero-order chi connectivity index (χ0) is 110. The maximum atomic E-state index is 14.0. The van der Waals surface area contributed by atoms with E-state index in [9.17, 15) is 70.9 Å². The van der Waals surface area contributed by atoms with E-state index < -0.39 is 58.6 Å². The van der Waals surface area contributed by atoms with E-state index in [0.717, 1.165) is 155 Å². The molecule has 1 aliphatic heterocycles. The van der Waals surface area contributed by atoms with Crippen molar-refractivity contribution in [2.24, 2.45) is 64.2 Å². The molecule has 8 aromatic carbocycles. The Morgan fingerprint density at radius 3 is 1.03 bits per heavy atom. The largest absolute Gasteiger partial charge is 0.481 e. The van der Waals surface area contributed by atoms with E-state index in [1.165, 1.54) is 31.0 Å². The monoisotopic (exact) mass is 2030 g/mol. The van der Waals surface area contributed by atoms with E-state index in [1.807, 2.05) is 62.4 Å². The number of hydrogen-bond donors (Lipinski definition) is 5. The second-order valence-corrected chi connectivity index (χ2v) is 40.1. The van der Waals surface area contributed by atoms with Crippen molar-refractivity contribution in [3.8, 4) is 0 Å². The van der Waals surface area contributed by atoms with Crippen molar-refractivity contribution in [1.29, 1.82) is 0 Å². The average Bonchev–Trinajstić information content (AvgIpc) is 0.849. The second-order valence-electron chi connectivity index (χ2n) is 40.1. The number of carboxylic acid groups (broad SMARTS) is 1. The molecular weight excluding hydrogens is 1870 g/mol. The van der Waals surface area contributed by atoms with Crippen LogP contribution < -0.4 is 40.9 Å². The number of carboxylic acids is 1. The van der Waals surface area contributed by atoms with Gasteiger partial charge in [0.15, 0.2) is 5.82 Å². The Bertz CT molecular complexity index is 5540. The molecule has 146 heavy (non-hydrogen) atoms. The smallest absolute Gasteiger partial charge is 0.310 e. The van der Waals surface area contributed by atoms with Crippen LogP contribution in [0, 0.1) is 141 Å². The quantitative estimate of drug-likeness (QED) is 0.00453. The number of nitrogens with zero attached hydrogens (tertiary/aromatic N) is 12. The Hall–Kier alpha value is -13.4. The number of nitro benzene ring substituents is 2. The molecule has 798 valence electrons. The number of hydrogen-bond acceptors (Lipinski definition) is 17. The summed E-state index contributed by atoms with van der Waals surface area (Å²) in [7, 11) is 0. The van der Waals surface area contributed by atoms with Gasteiger partial charge in [-0.15, -0.1) is 0 Å². The van der Waals surface area contributed by atoms with Crippen molar-refractivity contribution in [3.05, 3.63) is 285 Å². The maximum absolute atomic E-state index is 14.0. The number of nitrogens with one attached hydrogen (secondary N) is 2. The number of benzene rings is 8. The van der Waals surface area contributed by atoms with Gasteiger partial charge in [0.05, 0.1) is 62.7 Å². The summed E-state index contributed by atoms with van der Waals surface area (Å²) in [5.41, 5.74) is 16.0. The number of carbonyl (C=O) groups excluding carboxylic acids is 3. The SMILES string of the molecule is C.C1CCOC1.CC(C)CN(CC(C)C)c1ccc(C(C)C(=O)O)cc1NC(=O)Cc1ccc(F)cc1F.CCO.O=C=Nc1ccc(F)cc1F.[C-]#[N+]C(C)c1ccc(N(CC(C)C)CC(C)C)c(N)c1.[C-]#[N+]C(C)c1ccc(N(CC(C)C)CC(C)C)c(NC(=O)Cc2ccc(F)cc2F)c1.[C-]#[N+]C(C)c1ccc(N(CC(C)C)CC(C)C)c([N+](=O)[O-])c1.[C-]#[N+]Cc1ccc(N(CC(C)C)CC(C)C)c([N+](=O)[O-])c1. The third-order valence-corrected chi connectivity index (χ3v) is 21.4. The molecule has 26 nitrogen and oxygen atoms in total. The standard InChI is InChI=1S/C25H31F2N3O.C25H32F2N2O3.C17H25N3O2.C17H27N3.C16H23N3O2.C7H3F2NO.C4H8O.C2H6O.CH4/c1-16(2)14-30(15-17(3)4)24-10-8-19(18(5)28-6)11-23(24)29-25(31)12-20-7-9-21(26)13-22(20)27;1-15(2)13-29(14-16(3)4)23-9-7-18(17(5)25(31)32)10-22(23)28-24(30)11-19-6-8-20(26)12-21(19)27;1-12(2)10-19(11-13(3)4)16-8-7-15(14(5)18-6)9-17(16)20(21)22;1-12(2)10-20(11-13(3)4)17-8-7-15(9-16(17)18)14(5)19-6;1-12(2)10-18(11-13(3)4)15-7-6-14(9-17-5)8-16(15)19(20)21;8-5-1-2-7(10-4-11)6(9)3-5;1-2-4-5-3-1;1-2-3;/h7-11,13,16-18H,12,14-15H2,1-5H3,(H,29,31);6-10,12,15-17H,11,13-14H2,1-5H3,(H,28,30)(H,31,32);7-9,12-14H,10-11H2,1-5H3;7-9,12-14H,10-11,18H2,1-5H3;6-8,12-13H,9-11H2,1-4H3;1-3H;1-4H2;3H,2H2,1H3;1H4. The second kappa shape index (κ2) is 68.1. The lowest BCUT2D eigenvalue weighted by Crippen LogP contribution is -2.32. The van der Waals surface area contributed by atoms with Crippen LogP contribution in [0.4, 0.5) is 88.9 Å². The Balaban J connectivity index is 0.000000878. The van der Waals surface area contributed by atoms with Gasteiger partial charge in [-0.2, -0.15) is 4.99 Å². The summed E-state index contributed by atoms with van der Waals surface area (Å²) in [6, 6.07) is 35.5. The van der Waals surface area contributed by atoms with Crippen LogP contribution >= 0.6 is 0 Å². The van der Waals surface area contributed by atoms with Gasteiger partial charge < -0.3 is 75.2 Å². The van der Waals surface area contributed by atoms with Crippen molar-refractivity contribution in [3.63, 3.8) is 0 Å². The predicted octanol–water partition coefficient (Wildman–Crippen LogP) is 28.3. The van der Waals surface area contributed by atoms with Crippen LogP contribution in [0.5, 0.6) is 0 Å². The van der Waals surface area contributed by atoms with Gasteiger partial charge in [-0.25, -0.2) is 57.4 Å². The number of nitro groups is 2. The Morgan fingerprint density at radius 1 is 0.432 bits per heavy atom. The van der Waals surface area contributed by atoms with Crippen LogP contribution in [0.3, 0.4) is 0 Å². The average molecular weight is 2030 g/mol. The Kier molecular flexibility index (Phi) is 60.9. The summed E-state index contributed by atoms with van der Waals surface area (Å²) in [6.45, 7) is 90.5. The molecule has 0 spiro atoms. The topological polar surface area (TPSA) is 300 Å². The molecule has 1 heterocycles. The van der Waals surface area contributed by atoms with Gasteiger partial charge >= 0.3 is 5.97 Å². The molecule has 0 aliphatic carbocycles. The number of aliphatic carboxylic acids is 1. The number of isocyanates is 1. The minimum absolute atomic E-state index is 0. The Labute approximate surface area is 864 Å². The zero-order valence-electron chi connectivity index (χ0n) is 89.4. The first-order valence-electron chi connectivity index (χ1n) is 49.5. The number of nitrogens with two attached hydrogens (primary N) is 1. The zero-order valence-corrected chi connectivity index (χ0v) is 89.4. The van der Waals surface area contributed by atoms with Crippen LogP contribution in [0.1, 0.15) is 256 Å². The van der Waals surface area contributed by atoms with Crippen molar-refractivity contribution >= 4 is 86.4 Å². The molecule has 0 radical (unpaired) electrons. The molecule has 32 heteroatoms. The number of rotatable bonds is 40. The van der Waals surface area contributed by atoms with Gasteiger partial charge in [-0.3, -0.25) is 34.6 Å².